The maximum absolute atomic E-state index is 12.4. The molecular formula is C37H50O6. The molecule has 0 saturated heterocycles. The highest BCUT2D eigenvalue weighted by Gasteiger charge is 2.26. The molecule has 0 aromatic heterocycles. The minimum absolute atomic E-state index is 0.262. The lowest BCUT2D eigenvalue weighted by atomic mass is 9.87. The van der Waals surface area contributed by atoms with Crippen molar-refractivity contribution in [1.29, 1.82) is 0 Å². The Morgan fingerprint density at radius 1 is 0.767 bits per heavy atom. The summed E-state index contributed by atoms with van der Waals surface area (Å²) in [6.45, 7) is 17.8. The van der Waals surface area contributed by atoms with Gasteiger partial charge in [-0.2, -0.15) is 0 Å². The highest BCUT2D eigenvalue weighted by atomic mass is 16.6. The minimum Gasteiger partial charge on any atom is -0.489 e. The number of esters is 2. The molecule has 1 aliphatic carbocycles. The molecule has 0 fully saturated rings. The summed E-state index contributed by atoms with van der Waals surface area (Å²) in [5.41, 5.74) is 4.20. The molecule has 0 bridgehead atoms. The summed E-state index contributed by atoms with van der Waals surface area (Å²) in [7, 11) is 0. The standard InChI is InChI=1S/C37H50O6/c1-8-10-12-16-28(42-36(38)25(3)4)23-40-34-30-18-14-15-19-31(30)35(33-22-27(7)20-21-32(33)34)41-24-29(17-13-11-9-2)43-37(39)26(5)6/h14-15,18-20,28-29H,3,5,8-13,16-17,21-24H2,1-2,4,6-7H3. The van der Waals surface area contributed by atoms with Gasteiger partial charge in [0.25, 0.3) is 0 Å². The zero-order chi connectivity index (χ0) is 31.4. The molecule has 0 saturated carbocycles. The molecule has 0 amide bonds. The average Bonchev–Trinajstić information content (AvgIpc) is 2.98. The molecule has 0 aliphatic heterocycles. The molecule has 0 heterocycles. The van der Waals surface area contributed by atoms with Gasteiger partial charge in [0.2, 0.25) is 0 Å². The third-order valence-corrected chi connectivity index (χ3v) is 7.77. The lowest BCUT2D eigenvalue weighted by molar-refractivity contribution is -0.147. The number of carbonyl (C=O) groups is 2. The summed E-state index contributed by atoms with van der Waals surface area (Å²) in [4.78, 5) is 24.8. The van der Waals surface area contributed by atoms with Crippen molar-refractivity contribution in [3.63, 3.8) is 0 Å². The molecule has 3 rings (SSSR count). The van der Waals surface area contributed by atoms with E-state index in [0.717, 1.165) is 91.2 Å². The molecule has 1 aliphatic rings. The van der Waals surface area contributed by atoms with Crippen LogP contribution in [0.5, 0.6) is 11.5 Å². The second-order valence-corrected chi connectivity index (χ2v) is 11.8. The monoisotopic (exact) mass is 590 g/mol. The summed E-state index contributed by atoms with van der Waals surface area (Å²) in [6.07, 6.45) is 10.6. The van der Waals surface area contributed by atoms with Crippen molar-refractivity contribution in [3.05, 3.63) is 71.3 Å². The largest absolute Gasteiger partial charge is 0.489 e. The van der Waals surface area contributed by atoms with E-state index in [1.807, 2.05) is 12.1 Å². The van der Waals surface area contributed by atoms with Crippen LogP contribution in [0.3, 0.4) is 0 Å². The van der Waals surface area contributed by atoms with Gasteiger partial charge in [-0.3, -0.25) is 0 Å². The van der Waals surface area contributed by atoms with E-state index in [2.05, 4.69) is 52.1 Å². The highest BCUT2D eigenvalue weighted by Crippen LogP contribution is 2.44. The Kier molecular flexibility index (Phi) is 13.4. The van der Waals surface area contributed by atoms with Crippen molar-refractivity contribution < 1.29 is 28.5 Å². The molecular weight excluding hydrogens is 540 g/mol. The first-order chi connectivity index (χ1) is 20.7. The number of ether oxygens (including phenoxy) is 4. The van der Waals surface area contributed by atoms with E-state index in [4.69, 9.17) is 18.9 Å². The van der Waals surface area contributed by atoms with Crippen LogP contribution in [0, 0.1) is 0 Å². The van der Waals surface area contributed by atoms with Crippen LogP contribution in [0.2, 0.25) is 0 Å². The van der Waals surface area contributed by atoms with Crippen LogP contribution in [-0.4, -0.2) is 37.4 Å². The van der Waals surface area contributed by atoms with Gasteiger partial charge in [0.15, 0.2) is 0 Å². The maximum atomic E-state index is 12.4. The summed E-state index contributed by atoms with van der Waals surface area (Å²) < 4.78 is 24.7. The molecule has 43 heavy (non-hydrogen) atoms. The van der Waals surface area contributed by atoms with Gasteiger partial charge < -0.3 is 18.9 Å². The minimum atomic E-state index is -0.389. The SMILES string of the molecule is C=C(C)C(=O)OC(CCCCC)COc1c2c(c(OCC(CCCCC)OC(=O)C(=C)C)c3ccccc13)CC(C)=CC2. The molecule has 6 heteroatoms. The lowest BCUT2D eigenvalue weighted by Gasteiger charge is -2.27. The number of rotatable bonds is 18. The molecule has 2 aromatic rings. The molecule has 234 valence electrons. The molecule has 0 radical (unpaired) electrons. The van der Waals surface area contributed by atoms with Gasteiger partial charge in [0.1, 0.15) is 36.9 Å². The van der Waals surface area contributed by atoms with Gasteiger partial charge in [-0.05, 0) is 59.3 Å². The van der Waals surface area contributed by atoms with Gasteiger partial charge in [-0.1, -0.05) is 88.6 Å². The number of unbranched alkanes of at least 4 members (excludes halogenated alkanes) is 4. The fraction of sp³-hybridized carbons (Fsp3) is 0.514. The van der Waals surface area contributed by atoms with E-state index in [9.17, 15) is 9.59 Å². The van der Waals surface area contributed by atoms with Crippen LogP contribution in [0.25, 0.3) is 10.8 Å². The summed E-state index contributed by atoms with van der Waals surface area (Å²) in [5.74, 6) is 0.840. The molecule has 2 unspecified atom stereocenters. The summed E-state index contributed by atoms with van der Waals surface area (Å²) in [6, 6.07) is 8.10. The average molecular weight is 591 g/mol. The Morgan fingerprint density at radius 3 is 1.67 bits per heavy atom. The maximum Gasteiger partial charge on any atom is 0.333 e. The second-order valence-electron chi connectivity index (χ2n) is 11.8. The number of fused-ring (bicyclic) bond motifs is 2. The van der Waals surface area contributed by atoms with E-state index in [-0.39, 0.29) is 37.4 Å². The highest BCUT2D eigenvalue weighted by molar-refractivity contribution is 5.96. The first kappa shape index (κ1) is 34.0. The summed E-state index contributed by atoms with van der Waals surface area (Å²) >= 11 is 0. The fourth-order valence-corrected chi connectivity index (χ4v) is 5.29. The number of carbonyl (C=O) groups excluding carboxylic acids is 2. The van der Waals surface area contributed by atoms with Crippen molar-refractivity contribution in [3.8, 4) is 11.5 Å². The Labute approximate surface area is 258 Å². The normalized spacial score (nSPS) is 13.8. The zero-order valence-electron chi connectivity index (χ0n) is 26.9. The molecule has 0 N–H and O–H groups in total. The van der Waals surface area contributed by atoms with Gasteiger partial charge in [0.05, 0.1) is 0 Å². The number of benzene rings is 2. The van der Waals surface area contributed by atoms with Gasteiger partial charge in [-0.15, -0.1) is 0 Å². The predicted molar refractivity (Wildman–Crippen MR) is 174 cm³/mol. The topological polar surface area (TPSA) is 71.1 Å². The number of hydrogen-bond donors (Lipinski definition) is 0. The van der Waals surface area contributed by atoms with E-state index >= 15 is 0 Å². The first-order valence-electron chi connectivity index (χ1n) is 15.9. The van der Waals surface area contributed by atoms with Crippen molar-refractivity contribution in [2.24, 2.45) is 0 Å². The Balaban J connectivity index is 1.95. The van der Waals surface area contributed by atoms with Crippen LogP contribution in [0.4, 0.5) is 0 Å². The van der Waals surface area contributed by atoms with Crippen LogP contribution in [0.1, 0.15) is 97.1 Å². The van der Waals surface area contributed by atoms with Crippen LogP contribution < -0.4 is 9.47 Å². The molecule has 0 spiro atoms. The van der Waals surface area contributed by atoms with Gasteiger partial charge in [0, 0.05) is 33.0 Å². The van der Waals surface area contributed by atoms with Crippen LogP contribution in [-0.2, 0) is 31.9 Å². The van der Waals surface area contributed by atoms with Gasteiger partial charge >= 0.3 is 11.9 Å². The third-order valence-electron chi connectivity index (χ3n) is 7.77. The zero-order valence-corrected chi connectivity index (χ0v) is 26.9. The lowest BCUT2D eigenvalue weighted by Crippen LogP contribution is -2.27. The second kappa shape index (κ2) is 16.9. The third kappa shape index (κ3) is 9.74. The first-order valence-corrected chi connectivity index (χ1v) is 15.9. The van der Waals surface area contributed by atoms with E-state index < -0.39 is 0 Å². The molecule has 6 nitrogen and oxygen atoms in total. The number of hydrogen-bond acceptors (Lipinski definition) is 6. The quantitative estimate of drug-likeness (QED) is 0.0748. The Bertz CT molecular complexity index is 1320. The Hall–Kier alpha value is -3.54. The van der Waals surface area contributed by atoms with Crippen molar-refractivity contribution >= 4 is 22.7 Å². The molecule has 2 aromatic carbocycles. The van der Waals surface area contributed by atoms with E-state index in [1.54, 1.807) is 13.8 Å². The van der Waals surface area contributed by atoms with E-state index in [0.29, 0.717) is 17.6 Å². The van der Waals surface area contributed by atoms with Crippen LogP contribution in [0.15, 0.2) is 60.2 Å². The summed E-state index contributed by atoms with van der Waals surface area (Å²) in [5, 5.41) is 1.90. The predicted octanol–water partition coefficient (Wildman–Crippen LogP) is 8.78. The fourth-order valence-electron chi connectivity index (χ4n) is 5.29. The van der Waals surface area contributed by atoms with Crippen molar-refractivity contribution in [1.82, 2.24) is 0 Å². The Morgan fingerprint density at radius 2 is 1.23 bits per heavy atom. The van der Waals surface area contributed by atoms with E-state index in [1.165, 1.54) is 5.57 Å². The van der Waals surface area contributed by atoms with Gasteiger partial charge in [-0.25, -0.2) is 9.59 Å². The van der Waals surface area contributed by atoms with Crippen molar-refractivity contribution in [2.45, 2.75) is 111 Å². The molecule has 2 atom stereocenters. The smallest absolute Gasteiger partial charge is 0.333 e. The van der Waals surface area contributed by atoms with Crippen molar-refractivity contribution in [2.75, 3.05) is 13.2 Å². The van der Waals surface area contributed by atoms with Crippen LogP contribution >= 0.6 is 0 Å². The number of allylic oxidation sites excluding steroid dienone is 2.